The number of aliphatic hydroxyl groups is 1. The molecule has 1 fully saturated rings. The van der Waals surface area contributed by atoms with E-state index in [9.17, 15) is 5.11 Å². The first-order chi connectivity index (χ1) is 7.84. The number of aromatic nitrogens is 1. The van der Waals surface area contributed by atoms with Gasteiger partial charge in [-0.3, -0.25) is 4.98 Å². The van der Waals surface area contributed by atoms with Crippen LogP contribution in [0.25, 0.3) is 0 Å². The summed E-state index contributed by atoms with van der Waals surface area (Å²) in [6, 6.07) is 3.96. The number of aliphatic hydroxyl groups excluding tert-OH is 1. The molecule has 88 valence electrons. The minimum Gasteiger partial charge on any atom is -0.393 e. The Labute approximate surface area is 101 Å². The van der Waals surface area contributed by atoms with Crippen LogP contribution in [0.4, 0.5) is 0 Å². The minimum absolute atomic E-state index is 0.197. The van der Waals surface area contributed by atoms with Crippen molar-refractivity contribution < 1.29 is 5.11 Å². The second kappa shape index (κ2) is 6.26. The Bertz CT molecular complexity index is 298. The van der Waals surface area contributed by atoms with Crippen LogP contribution < -0.4 is 0 Å². The summed E-state index contributed by atoms with van der Waals surface area (Å²) in [7, 11) is 0. The number of hydrogen-bond acceptors (Lipinski definition) is 3. The highest BCUT2D eigenvalue weighted by atomic mass is 32.2. The molecule has 0 saturated carbocycles. The normalized spacial score (nSPS) is 19.6. The molecule has 1 aliphatic rings. The van der Waals surface area contributed by atoms with E-state index in [1.54, 1.807) is 6.20 Å². The van der Waals surface area contributed by atoms with Crippen LogP contribution in [0.1, 0.15) is 24.8 Å². The molecular formula is C13H19NOS. The summed E-state index contributed by atoms with van der Waals surface area (Å²) in [4.78, 5) is 4.07. The quantitative estimate of drug-likeness (QED) is 0.873. The van der Waals surface area contributed by atoms with Gasteiger partial charge in [0.1, 0.15) is 0 Å². The van der Waals surface area contributed by atoms with Crippen molar-refractivity contribution in [1.29, 1.82) is 0 Å². The minimum atomic E-state index is -0.197. The van der Waals surface area contributed by atoms with Gasteiger partial charge in [0.25, 0.3) is 0 Å². The maximum absolute atomic E-state index is 10.0. The van der Waals surface area contributed by atoms with Crippen LogP contribution in [0.3, 0.4) is 0 Å². The third-order valence-electron chi connectivity index (χ3n) is 3.14. The van der Waals surface area contributed by atoms with Gasteiger partial charge in [-0.15, -0.1) is 0 Å². The van der Waals surface area contributed by atoms with Crippen LogP contribution in [0.2, 0.25) is 0 Å². The maximum Gasteiger partial charge on any atom is 0.0583 e. The molecule has 2 heterocycles. The van der Waals surface area contributed by atoms with Crippen molar-refractivity contribution in [2.24, 2.45) is 5.92 Å². The first-order valence-electron chi connectivity index (χ1n) is 5.99. The lowest BCUT2D eigenvalue weighted by molar-refractivity contribution is 0.139. The average Bonchev–Trinajstić information content (AvgIpc) is 2.31. The van der Waals surface area contributed by atoms with Crippen LogP contribution in [0.5, 0.6) is 0 Å². The topological polar surface area (TPSA) is 33.1 Å². The Balaban J connectivity index is 1.77. The van der Waals surface area contributed by atoms with Gasteiger partial charge in [-0.2, -0.15) is 11.8 Å². The fourth-order valence-electron chi connectivity index (χ4n) is 2.24. The second-order valence-electron chi connectivity index (χ2n) is 4.51. The highest BCUT2D eigenvalue weighted by Gasteiger charge is 2.17. The Morgan fingerprint density at radius 2 is 2.25 bits per heavy atom. The second-order valence-corrected chi connectivity index (χ2v) is 5.74. The molecule has 0 radical (unpaired) electrons. The van der Waals surface area contributed by atoms with Crippen LogP contribution in [0.15, 0.2) is 24.5 Å². The Kier molecular flexibility index (Phi) is 4.67. The lowest BCUT2D eigenvalue weighted by Gasteiger charge is -2.23. The molecule has 1 N–H and O–H groups in total. The molecule has 0 spiro atoms. The van der Waals surface area contributed by atoms with E-state index in [0.29, 0.717) is 0 Å². The molecular weight excluding hydrogens is 218 g/mol. The molecule has 3 heteroatoms. The summed E-state index contributed by atoms with van der Waals surface area (Å²) in [5, 5.41) is 10.0. The SMILES string of the molecule is OC(Cc1cccnc1)CC1CCSCC1. The summed E-state index contributed by atoms with van der Waals surface area (Å²) >= 11 is 2.04. The van der Waals surface area contributed by atoms with Crippen LogP contribution in [-0.2, 0) is 6.42 Å². The molecule has 2 rings (SSSR count). The van der Waals surface area contributed by atoms with E-state index in [0.717, 1.165) is 24.3 Å². The fraction of sp³-hybridized carbons (Fsp3) is 0.615. The molecule has 1 saturated heterocycles. The van der Waals surface area contributed by atoms with Gasteiger partial charge in [-0.05, 0) is 54.7 Å². The van der Waals surface area contributed by atoms with Gasteiger partial charge >= 0.3 is 0 Å². The van der Waals surface area contributed by atoms with Gasteiger partial charge in [-0.25, -0.2) is 0 Å². The molecule has 0 aliphatic carbocycles. The van der Waals surface area contributed by atoms with Crippen molar-refractivity contribution in [3.05, 3.63) is 30.1 Å². The Morgan fingerprint density at radius 3 is 2.94 bits per heavy atom. The van der Waals surface area contributed by atoms with Gasteiger partial charge in [-0.1, -0.05) is 6.07 Å². The van der Waals surface area contributed by atoms with Gasteiger partial charge < -0.3 is 5.11 Å². The van der Waals surface area contributed by atoms with Gasteiger partial charge in [0.15, 0.2) is 0 Å². The predicted molar refractivity (Wildman–Crippen MR) is 68.6 cm³/mol. The van der Waals surface area contributed by atoms with Gasteiger partial charge in [0.05, 0.1) is 6.10 Å². The van der Waals surface area contributed by atoms with Crippen molar-refractivity contribution >= 4 is 11.8 Å². The summed E-state index contributed by atoms with van der Waals surface area (Å²) in [5.74, 6) is 3.27. The largest absolute Gasteiger partial charge is 0.393 e. The molecule has 0 aromatic carbocycles. The van der Waals surface area contributed by atoms with Gasteiger partial charge in [0.2, 0.25) is 0 Å². The molecule has 0 bridgehead atoms. The molecule has 1 atom stereocenters. The Hall–Kier alpha value is -0.540. The number of thioether (sulfide) groups is 1. The third kappa shape index (κ3) is 3.80. The molecule has 16 heavy (non-hydrogen) atoms. The van der Waals surface area contributed by atoms with E-state index in [4.69, 9.17) is 0 Å². The fourth-order valence-corrected chi connectivity index (χ4v) is 3.45. The predicted octanol–water partition coefficient (Wildman–Crippen LogP) is 2.52. The molecule has 2 nitrogen and oxygen atoms in total. The van der Waals surface area contributed by atoms with Gasteiger partial charge in [0, 0.05) is 12.4 Å². The molecule has 1 aliphatic heterocycles. The number of pyridine rings is 1. The highest BCUT2D eigenvalue weighted by Crippen LogP contribution is 2.26. The zero-order valence-corrected chi connectivity index (χ0v) is 10.3. The highest BCUT2D eigenvalue weighted by molar-refractivity contribution is 7.99. The maximum atomic E-state index is 10.0. The van der Waals surface area contributed by atoms with E-state index in [1.165, 1.54) is 24.3 Å². The molecule has 0 amide bonds. The van der Waals surface area contributed by atoms with E-state index in [1.807, 2.05) is 30.1 Å². The van der Waals surface area contributed by atoms with Crippen molar-refractivity contribution in [1.82, 2.24) is 4.98 Å². The smallest absolute Gasteiger partial charge is 0.0583 e. The monoisotopic (exact) mass is 237 g/mol. The van der Waals surface area contributed by atoms with Crippen molar-refractivity contribution in [2.45, 2.75) is 31.8 Å². The number of rotatable bonds is 4. The van der Waals surface area contributed by atoms with E-state index in [-0.39, 0.29) is 6.10 Å². The third-order valence-corrected chi connectivity index (χ3v) is 4.19. The van der Waals surface area contributed by atoms with Crippen molar-refractivity contribution in [3.63, 3.8) is 0 Å². The lowest BCUT2D eigenvalue weighted by Crippen LogP contribution is -2.19. The van der Waals surface area contributed by atoms with E-state index >= 15 is 0 Å². The summed E-state index contributed by atoms with van der Waals surface area (Å²) in [6.45, 7) is 0. The Morgan fingerprint density at radius 1 is 1.44 bits per heavy atom. The van der Waals surface area contributed by atoms with Crippen molar-refractivity contribution in [2.75, 3.05) is 11.5 Å². The molecule has 1 unspecified atom stereocenters. The zero-order chi connectivity index (χ0) is 11.2. The summed E-state index contributed by atoms with van der Waals surface area (Å²) < 4.78 is 0. The number of nitrogens with zero attached hydrogens (tertiary/aromatic N) is 1. The first kappa shape index (κ1) is 11.9. The average molecular weight is 237 g/mol. The zero-order valence-electron chi connectivity index (χ0n) is 9.51. The van der Waals surface area contributed by atoms with Crippen LogP contribution in [0, 0.1) is 5.92 Å². The van der Waals surface area contributed by atoms with Crippen LogP contribution >= 0.6 is 11.8 Å². The van der Waals surface area contributed by atoms with Crippen molar-refractivity contribution in [3.8, 4) is 0 Å². The summed E-state index contributed by atoms with van der Waals surface area (Å²) in [5.41, 5.74) is 1.14. The standard InChI is InChI=1S/C13H19NOS/c15-13(8-11-3-6-16-7-4-11)9-12-2-1-5-14-10-12/h1-2,5,10-11,13,15H,3-4,6-9H2. The van der Waals surface area contributed by atoms with E-state index < -0.39 is 0 Å². The first-order valence-corrected chi connectivity index (χ1v) is 7.15. The number of hydrogen-bond donors (Lipinski definition) is 1. The summed E-state index contributed by atoms with van der Waals surface area (Å²) in [6.07, 6.45) is 7.67. The lowest BCUT2D eigenvalue weighted by atomic mass is 9.93. The van der Waals surface area contributed by atoms with Crippen LogP contribution in [-0.4, -0.2) is 27.7 Å². The molecule has 1 aromatic heterocycles. The van der Waals surface area contributed by atoms with E-state index in [2.05, 4.69) is 4.98 Å². The molecule has 1 aromatic rings.